The van der Waals surface area contributed by atoms with Gasteiger partial charge in [-0.2, -0.15) is 4.37 Å². The van der Waals surface area contributed by atoms with E-state index in [1.54, 1.807) is 0 Å². The molecule has 80 valence electrons. The molecule has 0 N–H and O–H groups in total. The van der Waals surface area contributed by atoms with E-state index in [1.165, 1.54) is 21.3 Å². The van der Waals surface area contributed by atoms with Crippen LogP contribution in [-0.4, -0.2) is 16.4 Å². The summed E-state index contributed by atoms with van der Waals surface area (Å²) in [6.45, 7) is 4.96. The maximum atomic E-state index is 4.35. The zero-order chi connectivity index (χ0) is 10.8. The number of hydrogen-bond donors (Lipinski definition) is 0. The highest BCUT2D eigenvalue weighted by molar-refractivity contribution is 7.12. The van der Waals surface area contributed by atoms with E-state index in [0.717, 1.165) is 17.5 Å². The van der Waals surface area contributed by atoms with Crippen LogP contribution in [0, 0.1) is 13.8 Å². The van der Waals surface area contributed by atoms with Crippen LogP contribution in [0.15, 0.2) is 12.1 Å². The van der Waals surface area contributed by atoms with E-state index >= 15 is 0 Å². The van der Waals surface area contributed by atoms with E-state index in [1.807, 2.05) is 18.3 Å². The Hall–Kier alpha value is -0.940. The maximum Gasteiger partial charge on any atom is 0.205 e. The van der Waals surface area contributed by atoms with E-state index in [9.17, 15) is 0 Å². The molecule has 3 nitrogen and oxygen atoms in total. The molecule has 5 heteroatoms. The monoisotopic (exact) mass is 239 g/mol. The fraction of sp³-hybridized carbons (Fsp3) is 0.400. The SMILES string of the molecule is Cc1nsc(N(C)Cc2ccc(C)s2)n1. The predicted octanol–water partition coefficient (Wildman–Crippen LogP) is 2.85. The second-order valence-corrected chi connectivity index (χ2v) is 5.60. The summed E-state index contributed by atoms with van der Waals surface area (Å²) in [5.74, 6) is 0.851. The minimum Gasteiger partial charge on any atom is -0.345 e. The third-order valence-corrected chi connectivity index (χ3v) is 3.94. The minimum absolute atomic E-state index is 0.851. The highest BCUT2D eigenvalue weighted by Crippen LogP contribution is 2.21. The molecule has 0 aliphatic heterocycles. The highest BCUT2D eigenvalue weighted by Gasteiger charge is 2.07. The largest absolute Gasteiger partial charge is 0.345 e. The van der Waals surface area contributed by atoms with Gasteiger partial charge in [0, 0.05) is 28.3 Å². The summed E-state index contributed by atoms with van der Waals surface area (Å²) in [5.41, 5.74) is 0. The van der Waals surface area contributed by atoms with Gasteiger partial charge in [-0.15, -0.1) is 11.3 Å². The number of anilines is 1. The number of aromatic nitrogens is 2. The van der Waals surface area contributed by atoms with Crippen molar-refractivity contribution in [1.29, 1.82) is 0 Å². The van der Waals surface area contributed by atoms with E-state index in [4.69, 9.17) is 0 Å². The van der Waals surface area contributed by atoms with Gasteiger partial charge < -0.3 is 4.90 Å². The molecule has 0 fully saturated rings. The average molecular weight is 239 g/mol. The Bertz CT molecular complexity index is 447. The van der Waals surface area contributed by atoms with Crippen LogP contribution in [0.25, 0.3) is 0 Å². The molecule has 0 bridgehead atoms. The second kappa shape index (κ2) is 4.28. The quantitative estimate of drug-likeness (QED) is 0.824. The van der Waals surface area contributed by atoms with Crippen molar-refractivity contribution in [3.8, 4) is 0 Å². The van der Waals surface area contributed by atoms with Gasteiger partial charge in [0.15, 0.2) is 0 Å². The lowest BCUT2D eigenvalue weighted by Gasteiger charge is -2.13. The normalized spacial score (nSPS) is 10.6. The van der Waals surface area contributed by atoms with Gasteiger partial charge >= 0.3 is 0 Å². The van der Waals surface area contributed by atoms with Gasteiger partial charge in [0.05, 0.1) is 6.54 Å². The lowest BCUT2D eigenvalue weighted by Crippen LogP contribution is -2.15. The molecule has 15 heavy (non-hydrogen) atoms. The number of rotatable bonds is 3. The third kappa shape index (κ3) is 2.54. The molecule has 2 aromatic heterocycles. The van der Waals surface area contributed by atoms with Crippen LogP contribution < -0.4 is 4.90 Å². The first-order valence-electron chi connectivity index (χ1n) is 4.72. The lowest BCUT2D eigenvalue weighted by atomic mass is 10.4. The van der Waals surface area contributed by atoms with Crippen molar-refractivity contribution in [2.45, 2.75) is 20.4 Å². The molecule has 0 saturated heterocycles. The second-order valence-electron chi connectivity index (χ2n) is 3.49. The predicted molar refractivity (Wildman–Crippen MR) is 65.8 cm³/mol. The zero-order valence-electron chi connectivity index (χ0n) is 9.02. The van der Waals surface area contributed by atoms with Crippen LogP contribution >= 0.6 is 22.9 Å². The summed E-state index contributed by atoms with van der Waals surface area (Å²) in [4.78, 5) is 9.20. The van der Waals surface area contributed by atoms with Crippen molar-refractivity contribution in [1.82, 2.24) is 9.36 Å². The first-order valence-corrected chi connectivity index (χ1v) is 6.31. The van der Waals surface area contributed by atoms with E-state index in [-0.39, 0.29) is 0 Å². The molecular formula is C10H13N3S2. The molecule has 2 aromatic rings. The Labute approximate surface area is 97.6 Å². The zero-order valence-corrected chi connectivity index (χ0v) is 10.7. The summed E-state index contributed by atoms with van der Waals surface area (Å²) in [6, 6.07) is 4.32. The van der Waals surface area contributed by atoms with Gasteiger partial charge in [0.25, 0.3) is 0 Å². The van der Waals surface area contributed by atoms with Crippen molar-refractivity contribution >= 4 is 28.0 Å². The molecule has 0 atom stereocenters. The van der Waals surface area contributed by atoms with Crippen LogP contribution in [0.2, 0.25) is 0 Å². The summed E-state index contributed by atoms with van der Waals surface area (Å²) >= 11 is 3.29. The fourth-order valence-electron chi connectivity index (χ4n) is 1.31. The highest BCUT2D eigenvalue weighted by atomic mass is 32.1. The number of thiophene rings is 1. The van der Waals surface area contributed by atoms with E-state index in [0.29, 0.717) is 0 Å². The molecule has 0 aliphatic carbocycles. The maximum absolute atomic E-state index is 4.35. The standard InChI is InChI=1S/C10H13N3S2/c1-7-4-5-9(14-7)6-13(3)10-11-8(2)12-15-10/h4-5H,6H2,1-3H3. The van der Waals surface area contributed by atoms with E-state index < -0.39 is 0 Å². The molecule has 0 radical (unpaired) electrons. The summed E-state index contributed by atoms with van der Waals surface area (Å²) in [6.07, 6.45) is 0. The summed E-state index contributed by atoms with van der Waals surface area (Å²) < 4.78 is 4.18. The van der Waals surface area contributed by atoms with Crippen molar-refractivity contribution in [3.63, 3.8) is 0 Å². The van der Waals surface area contributed by atoms with Crippen molar-refractivity contribution < 1.29 is 0 Å². The topological polar surface area (TPSA) is 29.0 Å². The molecule has 0 aromatic carbocycles. The molecule has 0 saturated carbocycles. The molecule has 0 amide bonds. The Morgan fingerprint density at radius 1 is 1.33 bits per heavy atom. The smallest absolute Gasteiger partial charge is 0.205 e. The summed E-state index contributed by atoms with van der Waals surface area (Å²) in [5, 5.41) is 0.985. The Balaban J connectivity index is 2.06. The van der Waals surface area contributed by atoms with Crippen LogP contribution in [0.4, 0.5) is 5.13 Å². The van der Waals surface area contributed by atoms with Crippen LogP contribution in [0.1, 0.15) is 15.6 Å². The molecule has 0 unspecified atom stereocenters. The van der Waals surface area contributed by atoms with Gasteiger partial charge in [-0.1, -0.05) is 0 Å². The van der Waals surface area contributed by atoms with Crippen molar-refractivity contribution in [3.05, 3.63) is 27.7 Å². The van der Waals surface area contributed by atoms with Gasteiger partial charge in [0.1, 0.15) is 5.82 Å². The summed E-state index contributed by atoms with van der Waals surface area (Å²) in [7, 11) is 2.05. The van der Waals surface area contributed by atoms with Crippen LogP contribution in [0.5, 0.6) is 0 Å². The Morgan fingerprint density at radius 3 is 2.67 bits per heavy atom. The first-order chi connectivity index (χ1) is 7.15. The Kier molecular flexibility index (Phi) is 3.02. The first kappa shape index (κ1) is 10.6. The molecule has 2 rings (SSSR count). The van der Waals surface area contributed by atoms with Crippen LogP contribution in [0.3, 0.4) is 0 Å². The van der Waals surface area contributed by atoms with Gasteiger partial charge in [-0.3, -0.25) is 0 Å². The van der Waals surface area contributed by atoms with Gasteiger partial charge in [-0.25, -0.2) is 4.98 Å². The number of aryl methyl sites for hydroxylation is 2. The molecule has 0 aliphatic rings. The Morgan fingerprint density at radius 2 is 2.13 bits per heavy atom. The third-order valence-electron chi connectivity index (χ3n) is 2.03. The minimum atomic E-state index is 0.851. The van der Waals surface area contributed by atoms with Gasteiger partial charge in [-0.05, 0) is 26.0 Å². The van der Waals surface area contributed by atoms with Crippen molar-refractivity contribution in [2.75, 3.05) is 11.9 Å². The molecule has 2 heterocycles. The van der Waals surface area contributed by atoms with Gasteiger partial charge in [0.2, 0.25) is 5.13 Å². The lowest BCUT2D eigenvalue weighted by molar-refractivity contribution is 0.924. The number of hydrogen-bond acceptors (Lipinski definition) is 5. The average Bonchev–Trinajstić information content (AvgIpc) is 2.75. The molecule has 0 spiro atoms. The van der Waals surface area contributed by atoms with Crippen LogP contribution in [-0.2, 0) is 6.54 Å². The number of nitrogens with zero attached hydrogens (tertiary/aromatic N) is 3. The molecular weight excluding hydrogens is 226 g/mol. The fourth-order valence-corrected chi connectivity index (χ4v) is 2.89. The van der Waals surface area contributed by atoms with E-state index in [2.05, 4.69) is 40.4 Å². The van der Waals surface area contributed by atoms with Crippen molar-refractivity contribution in [2.24, 2.45) is 0 Å².